The molecule has 2 N–H and O–H groups in total. The molecule has 0 saturated heterocycles. The highest BCUT2D eigenvalue weighted by molar-refractivity contribution is 7.98. The Morgan fingerprint density at radius 1 is 1.20 bits per heavy atom. The van der Waals surface area contributed by atoms with Crippen LogP contribution in [-0.4, -0.2) is 39.0 Å². The quantitative estimate of drug-likeness (QED) is 0.301. The van der Waals surface area contributed by atoms with Crippen LogP contribution in [0, 0.1) is 5.41 Å². The molecule has 0 heterocycles. The zero-order valence-electron chi connectivity index (χ0n) is 15.9. The Bertz CT molecular complexity index is 524. The molecule has 1 aliphatic rings. The van der Waals surface area contributed by atoms with Gasteiger partial charge in [0, 0.05) is 38.2 Å². The van der Waals surface area contributed by atoms with Crippen molar-refractivity contribution in [3.63, 3.8) is 0 Å². The Kier molecular flexibility index (Phi) is 8.62. The third kappa shape index (κ3) is 6.55. The summed E-state index contributed by atoms with van der Waals surface area (Å²) in [7, 11) is 1.84. The summed E-state index contributed by atoms with van der Waals surface area (Å²) in [6.07, 6.45) is 8.49. The summed E-state index contributed by atoms with van der Waals surface area (Å²) in [5.74, 6) is 0.886. The summed E-state index contributed by atoms with van der Waals surface area (Å²) in [4.78, 5) is 5.68. The number of rotatable bonds is 9. The van der Waals surface area contributed by atoms with E-state index in [1.807, 2.05) is 7.05 Å². The molecule has 1 aromatic rings. The second-order valence-corrected chi connectivity index (χ2v) is 7.66. The fourth-order valence-corrected chi connectivity index (χ4v) is 3.90. The predicted octanol–water partition coefficient (Wildman–Crippen LogP) is 4.06. The van der Waals surface area contributed by atoms with Gasteiger partial charge in [-0.25, -0.2) is 0 Å². The molecule has 0 radical (unpaired) electrons. The van der Waals surface area contributed by atoms with Crippen molar-refractivity contribution in [2.24, 2.45) is 10.4 Å². The van der Waals surface area contributed by atoms with E-state index in [1.165, 1.54) is 36.1 Å². The average Bonchev–Trinajstić information content (AvgIpc) is 3.11. The molecule has 0 amide bonds. The fourth-order valence-electron chi connectivity index (χ4n) is 3.49. The molecule has 25 heavy (non-hydrogen) atoms. The molecule has 0 aliphatic heterocycles. The van der Waals surface area contributed by atoms with E-state index < -0.39 is 0 Å². The van der Waals surface area contributed by atoms with Gasteiger partial charge in [-0.1, -0.05) is 25.0 Å². The van der Waals surface area contributed by atoms with Crippen LogP contribution < -0.4 is 10.6 Å². The number of thioether (sulfide) groups is 1. The Hall–Kier alpha value is -1.20. The van der Waals surface area contributed by atoms with Gasteiger partial charge in [-0.15, -0.1) is 11.8 Å². The van der Waals surface area contributed by atoms with E-state index in [1.54, 1.807) is 11.8 Å². The van der Waals surface area contributed by atoms with Crippen LogP contribution in [0.4, 0.5) is 0 Å². The van der Waals surface area contributed by atoms with E-state index in [0.717, 1.165) is 38.7 Å². The molecule has 0 aromatic heterocycles. The van der Waals surface area contributed by atoms with Crippen LogP contribution in [-0.2, 0) is 11.3 Å². The molecule has 1 saturated carbocycles. The van der Waals surface area contributed by atoms with E-state index in [4.69, 9.17) is 4.74 Å². The number of ether oxygens (including phenoxy) is 1. The fraction of sp³-hybridized carbons (Fsp3) is 0.650. The standard InChI is InChI=1S/C20H33N3OS/c1-4-24-14-13-20(11-5-6-12-20)16-23-19(21-2)22-15-17-7-9-18(25-3)10-8-17/h7-10H,4-6,11-16H2,1-3H3,(H2,21,22,23). The SMILES string of the molecule is CCOCCC1(CNC(=NC)NCc2ccc(SC)cc2)CCCC1. The number of hydrogen-bond acceptors (Lipinski definition) is 3. The maximum absolute atomic E-state index is 5.60. The minimum atomic E-state index is 0.368. The van der Waals surface area contributed by atoms with Gasteiger partial charge in [0.15, 0.2) is 5.96 Å². The van der Waals surface area contributed by atoms with E-state index >= 15 is 0 Å². The van der Waals surface area contributed by atoms with E-state index in [0.29, 0.717) is 5.41 Å². The van der Waals surface area contributed by atoms with Gasteiger partial charge in [0.25, 0.3) is 0 Å². The van der Waals surface area contributed by atoms with Gasteiger partial charge >= 0.3 is 0 Å². The molecule has 1 aliphatic carbocycles. The van der Waals surface area contributed by atoms with Crippen LogP contribution in [0.3, 0.4) is 0 Å². The first-order valence-corrected chi connectivity index (χ1v) is 10.6. The molecular weight excluding hydrogens is 330 g/mol. The van der Waals surface area contributed by atoms with Gasteiger partial charge in [-0.2, -0.15) is 0 Å². The summed E-state index contributed by atoms with van der Waals surface area (Å²) in [5.41, 5.74) is 1.64. The minimum absolute atomic E-state index is 0.368. The third-order valence-corrected chi connectivity index (χ3v) is 5.86. The van der Waals surface area contributed by atoms with Crippen molar-refractivity contribution in [1.29, 1.82) is 0 Å². The number of benzene rings is 1. The van der Waals surface area contributed by atoms with Crippen molar-refractivity contribution in [2.45, 2.75) is 50.5 Å². The lowest BCUT2D eigenvalue weighted by atomic mass is 9.83. The molecule has 0 bridgehead atoms. The van der Waals surface area contributed by atoms with Gasteiger partial charge in [0.2, 0.25) is 0 Å². The topological polar surface area (TPSA) is 45.6 Å². The smallest absolute Gasteiger partial charge is 0.191 e. The van der Waals surface area contributed by atoms with Gasteiger partial charge in [0.1, 0.15) is 0 Å². The van der Waals surface area contributed by atoms with E-state index in [2.05, 4.69) is 53.1 Å². The number of hydrogen-bond donors (Lipinski definition) is 2. The van der Waals surface area contributed by atoms with Gasteiger partial charge in [-0.3, -0.25) is 4.99 Å². The van der Waals surface area contributed by atoms with Gasteiger partial charge in [0.05, 0.1) is 0 Å². The molecule has 0 unspecified atom stereocenters. The lowest BCUT2D eigenvalue weighted by Crippen LogP contribution is -2.43. The van der Waals surface area contributed by atoms with Crippen LogP contribution in [0.25, 0.3) is 0 Å². The van der Waals surface area contributed by atoms with E-state index in [-0.39, 0.29) is 0 Å². The molecule has 2 rings (SSSR count). The molecule has 0 spiro atoms. The zero-order valence-corrected chi connectivity index (χ0v) is 16.8. The van der Waals surface area contributed by atoms with Crippen molar-refractivity contribution in [2.75, 3.05) is 33.1 Å². The highest BCUT2D eigenvalue weighted by atomic mass is 32.2. The first-order valence-electron chi connectivity index (χ1n) is 9.36. The van der Waals surface area contributed by atoms with Crippen LogP contribution in [0.5, 0.6) is 0 Å². The number of nitrogens with zero attached hydrogens (tertiary/aromatic N) is 1. The molecule has 4 nitrogen and oxygen atoms in total. The highest BCUT2D eigenvalue weighted by Crippen LogP contribution is 2.40. The summed E-state index contributed by atoms with van der Waals surface area (Å²) >= 11 is 1.77. The Labute approximate surface area is 157 Å². The normalized spacial score (nSPS) is 16.8. The molecule has 0 atom stereocenters. The predicted molar refractivity (Wildman–Crippen MR) is 108 cm³/mol. The highest BCUT2D eigenvalue weighted by Gasteiger charge is 2.33. The molecule has 1 aromatic carbocycles. The average molecular weight is 364 g/mol. The first kappa shape index (κ1) is 20.1. The molecule has 1 fully saturated rings. The van der Waals surface area contributed by atoms with Crippen LogP contribution in [0.15, 0.2) is 34.2 Å². The number of nitrogens with one attached hydrogen (secondary N) is 2. The monoisotopic (exact) mass is 363 g/mol. The van der Waals surface area contributed by atoms with Crippen molar-refractivity contribution in [1.82, 2.24) is 10.6 Å². The van der Waals surface area contributed by atoms with Crippen LogP contribution in [0.2, 0.25) is 0 Å². The van der Waals surface area contributed by atoms with Crippen molar-refractivity contribution >= 4 is 17.7 Å². The second-order valence-electron chi connectivity index (χ2n) is 6.78. The van der Waals surface area contributed by atoms with Crippen molar-refractivity contribution in [3.8, 4) is 0 Å². The first-order chi connectivity index (χ1) is 12.2. The second kappa shape index (κ2) is 10.7. The molecule has 5 heteroatoms. The lowest BCUT2D eigenvalue weighted by molar-refractivity contribution is 0.105. The summed E-state index contributed by atoms with van der Waals surface area (Å²) in [5, 5.41) is 6.98. The Morgan fingerprint density at radius 3 is 2.52 bits per heavy atom. The maximum atomic E-state index is 5.60. The summed E-state index contributed by atoms with van der Waals surface area (Å²) in [6.45, 7) is 5.51. The minimum Gasteiger partial charge on any atom is -0.382 e. The van der Waals surface area contributed by atoms with Crippen LogP contribution in [0.1, 0.15) is 44.6 Å². The number of aliphatic imine (C=N–C) groups is 1. The van der Waals surface area contributed by atoms with Gasteiger partial charge < -0.3 is 15.4 Å². The molecular formula is C20H33N3OS. The van der Waals surface area contributed by atoms with Crippen molar-refractivity contribution in [3.05, 3.63) is 29.8 Å². The third-order valence-electron chi connectivity index (χ3n) is 5.12. The zero-order chi connectivity index (χ0) is 18.0. The van der Waals surface area contributed by atoms with Gasteiger partial charge in [-0.05, 0) is 55.6 Å². The Balaban J connectivity index is 1.81. The van der Waals surface area contributed by atoms with E-state index in [9.17, 15) is 0 Å². The maximum Gasteiger partial charge on any atom is 0.191 e. The van der Waals surface area contributed by atoms with Crippen LogP contribution >= 0.6 is 11.8 Å². The number of guanidine groups is 1. The Morgan fingerprint density at radius 2 is 1.92 bits per heavy atom. The lowest BCUT2D eigenvalue weighted by Gasteiger charge is -2.30. The molecule has 140 valence electrons. The largest absolute Gasteiger partial charge is 0.382 e. The summed E-state index contributed by atoms with van der Waals surface area (Å²) in [6, 6.07) is 8.68. The van der Waals surface area contributed by atoms with Crippen molar-refractivity contribution < 1.29 is 4.74 Å². The summed E-state index contributed by atoms with van der Waals surface area (Å²) < 4.78 is 5.60.